The minimum atomic E-state index is -3.65. The third-order valence-electron chi connectivity index (χ3n) is 11.8. The van der Waals surface area contributed by atoms with Crippen molar-refractivity contribution in [2.75, 3.05) is 0 Å². The van der Waals surface area contributed by atoms with Crippen LogP contribution in [0.15, 0.2) is 45.9 Å². The molecule has 0 amide bonds. The first kappa shape index (κ1) is 28.9. The Hall–Kier alpha value is -1.62. The van der Waals surface area contributed by atoms with E-state index in [0.29, 0.717) is 5.41 Å². The number of hydrogen-bond acceptors (Lipinski definition) is 3. The lowest BCUT2D eigenvalue weighted by Crippen LogP contribution is -2.51. The van der Waals surface area contributed by atoms with Gasteiger partial charge in [-0.1, -0.05) is 77.2 Å². The third kappa shape index (κ3) is 5.51. The first-order valence-corrected chi connectivity index (χ1v) is 17.3. The molecule has 0 aliphatic heterocycles. The Morgan fingerprint density at radius 2 is 1.69 bits per heavy atom. The summed E-state index contributed by atoms with van der Waals surface area (Å²) in [7, 11) is -3.65. The highest BCUT2D eigenvalue weighted by atomic mass is 32.2. The summed E-state index contributed by atoms with van der Waals surface area (Å²) < 4.78 is 25.6. The maximum Gasteiger partial charge on any atom is 0.276 e. The number of nitrogens with one attached hydrogen (secondary N) is 1. The van der Waals surface area contributed by atoms with Gasteiger partial charge in [0.2, 0.25) is 0 Å². The fourth-order valence-corrected chi connectivity index (χ4v) is 10.4. The molecule has 0 spiro atoms. The second-order valence-corrected chi connectivity index (χ2v) is 16.2. The molecule has 3 saturated carbocycles. The molecule has 0 aromatic heterocycles. The zero-order valence-corrected chi connectivity index (χ0v) is 26.1. The number of nitrogens with zero attached hydrogens (tertiary/aromatic N) is 1. The Kier molecular flexibility index (Phi) is 8.14. The minimum absolute atomic E-state index is 0.236. The predicted molar refractivity (Wildman–Crippen MR) is 162 cm³/mol. The molecule has 5 heteroatoms. The van der Waals surface area contributed by atoms with Gasteiger partial charge >= 0.3 is 0 Å². The number of aryl methyl sites for hydroxylation is 1. The van der Waals surface area contributed by atoms with Gasteiger partial charge in [-0.15, -0.1) is 0 Å². The normalized spacial score (nSPS) is 36.2. The van der Waals surface area contributed by atoms with E-state index in [1.807, 2.05) is 19.1 Å². The first-order chi connectivity index (χ1) is 18.4. The Morgan fingerprint density at radius 3 is 2.41 bits per heavy atom. The zero-order valence-electron chi connectivity index (χ0n) is 25.3. The van der Waals surface area contributed by atoms with E-state index in [1.165, 1.54) is 56.9 Å². The highest BCUT2D eigenvalue weighted by Crippen LogP contribution is 2.67. The molecule has 7 unspecified atom stereocenters. The number of allylic oxidation sites excluding steroid dienone is 2. The number of benzene rings is 1. The summed E-state index contributed by atoms with van der Waals surface area (Å²) in [5.41, 5.74) is 4.20. The van der Waals surface area contributed by atoms with Crippen LogP contribution in [-0.4, -0.2) is 14.1 Å². The summed E-state index contributed by atoms with van der Waals surface area (Å²) in [6.07, 6.45) is 16.4. The van der Waals surface area contributed by atoms with Gasteiger partial charge in [0.15, 0.2) is 0 Å². The summed E-state index contributed by atoms with van der Waals surface area (Å²) in [6.45, 7) is 14.4. The largest absolute Gasteiger partial charge is 0.276 e. The molecule has 1 aromatic carbocycles. The van der Waals surface area contributed by atoms with Crippen molar-refractivity contribution in [2.24, 2.45) is 51.4 Å². The van der Waals surface area contributed by atoms with E-state index in [2.05, 4.69) is 50.6 Å². The van der Waals surface area contributed by atoms with Crippen LogP contribution in [0.25, 0.3) is 0 Å². The van der Waals surface area contributed by atoms with Crippen LogP contribution in [0.4, 0.5) is 0 Å². The lowest BCUT2D eigenvalue weighted by molar-refractivity contribution is -0.0573. The highest BCUT2D eigenvalue weighted by Gasteiger charge is 2.59. The van der Waals surface area contributed by atoms with Gasteiger partial charge < -0.3 is 0 Å². The van der Waals surface area contributed by atoms with Crippen molar-refractivity contribution in [1.82, 2.24) is 4.83 Å². The van der Waals surface area contributed by atoms with E-state index >= 15 is 0 Å². The lowest BCUT2D eigenvalue weighted by Gasteiger charge is -2.58. The predicted octanol–water partition coefficient (Wildman–Crippen LogP) is 8.67. The topological polar surface area (TPSA) is 58.5 Å². The van der Waals surface area contributed by atoms with Crippen molar-refractivity contribution in [3.8, 4) is 0 Å². The second kappa shape index (κ2) is 11.0. The molecular formula is C34H52N2O2S. The Morgan fingerprint density at radius 1 is 0.949 bits per heavy atom. The fourth-order valence-electron chi connectivity index (χ4n) is 9.57. The molecule has 1 N–H and O–H groups in total. The van der Waals surface area contributed by atoms with Crippen LogP contribution in [0, 0.1) is 53.3 Å². The third-order valence-corrected chi connectivity index (χ3v) is 13.0. The van der Waals surface area contributed by atoms with Crippen molar-refractivity contribution >= 4 is 15.7 Å². The van der Waals surface area contributed by atoms with Crippen molar-refractivity contribution in [3.63, 3.8) is 0 Å². The molecule has 0 bridgehead atoms. The summed E-state index contributed by atoms with van der Waals surface area (Å²) in [5.74, 6) is 5.05. The zero-order chi connectivity index (χ0) is 28.0. The molecule has 4 aliphatic carbocycles. The van der Waals surface area contributed by atoms with Crippen LogP contribution in [0.3, 0.4) is 0 Å². The second-order valence-electron chi connectivity index (χ2n) is 14.5. The summed E-state index contributed by atoms with van der Waals surface area (Å²) >= 11 is 0. The van der Waals surface area contributed by atoms with Crippen molar-refractivity contribution < 1.29 is 8.42 Å². The average Bonchev–Trinajstić information content (AvgIpc) is 3.25. The molecule has 0 saturated heterocycles. The maximum absolute atomic E-state index is 12.8. The Bertz CT molecular complexity index is 1200. The van der Waals surface area contributed by atoms with Gasteiger partial charge in [-0.25, -0.2) is 0 Å². The van der Waals surface area contributed by atoms with Crippen molar-refractivity contribution in [1.29, 1.82) is 0 Å². The van der Waals surface area contributed by atoms with Gasteiger partial charge in [0, 0.05) is 0 Å². The standard InChI is InChI=1S/C34H52N2O2S/c1-23(2)8-7-9-25(4)30-16-17-31-29-15-12-26-22-27(18-20-33(26,5)32(29)19-21-34(30,31)6)35-36-39(37,38)28-13-10-24(3)11-14-28/h10-11,13-14,22-23,25,29-32,36H,7-9,12,15-21H2,1-6H3/b35-27+. The Labute approximate surface area is 238 Å². The molecule has 7 atom stereocenters. The molecule has 0 radical (unpaired) electrons. The average molecular weight is 553 g/mol. The number of rotatable bonds is 8. The summed E-state index contributed by atoms with van der Waals surface area (Å²) in [6, 6.07) is 6.94. The van der Waals surface area contributed by atoms with Crippen molar-refractivity contribution in [3.05, 3.63) is 41.5 Å². The van der Waals surface area contributed by atoms with Gasteiger partial charge in [0.25, 0.3) is 10.0 Å². The highest BCUT2D eigenvalue weighted by molar-refractivity contribution is 7.89. The molecule has 1 aromatic rings. The van der Waals surface area contributed by atoms with Crippen LogP contribution in [0.2, 0.25) is 0 Å². The molecule has 4 nitrogen and oxygen atoms in total. The summed E-state index contributed by atoms with van der Waals surface area (Å²) in [5, 5.41) is 4.41. The van der Waals surface area contributed by atoms with Crippen LogP contribution in [0.5, 0.6) is 0 Å². The molecule has 3 fully saturated rings. The van der Waals surface area contributed by atoms with E-state index in [1.54, 1.807) is 12.1 Å². The van der Waals surface area contributed by atoms with E-state index in [0.717, 1.165) is 66.0 Å². The Balaban J connectivity index is 1.28. The number of hydrazone groups is 1. The lowest BCUT2D eigenvalue weighted by atomic mass is 9.46. The number of fused-ring (bicyclic) bond motifs is 5. The quantitative estimate of drug-likeness (QED) is 0.328. The molecule has 5 rings (SSSR count). The van der Waals surface area contributed by atoms with E-state index < -0.39 is 10.0 Å². The molecule has 4 aliphatic rings. The van der Waals surface area contributed by atoms with Gasteiger partial charge in [0.05, 0.1) is 10.6 Å². The van der Waals surface area contributed by atoms with Crippen LogP contribution < -0.4 is 4.83 Å². The van der Waals surface area contributed by atoms with Crippen LogP contribution in [0.1, 0.15) is 111 Å². The van der Waals surface area contributed by atoms with E-state index in [-0.39, 0.29) is 10.3 Å². The SMILES string of the molecule is Cc1ccc(S(=O)(=O)N/N=C2/C=C3CCC4C(CCC5(C)C(C(C)CCCC(C)C)CCC45)C3(C)CC2)cc1. The van der Waals surface area contributed by atoms with Gasteiger partial charge in [-0.05, 0) is 123 Å². The molecule has 39 heavy (non-hydrogen) atoms. The minimum Gasteiger partial charge on any atom is -0.200 e. The van der Waals surface area contributed by atoms with Gasteiger partial charge in [0.1, 0.15) is 0 Å². The van der Waals surface area contributed by atoms with Gasteiger partial charge in [-0.3, -0.25) is 0 Å². The smallest absolute Gasteiger partial charge is 0.200 e. The number of hydrogen-bond donors (Lipinski definition) is 1. The molecule has 0 heterocycles. The van der Waals surface area contributed by atoms with E-state index in [4.69, 9.17) is 0 Å². The fraction of sp³-hybridized carbons (Fsp3) is 0.735. The van der Waals surface area contributed by atoms with Crippen LogP contribution >= 0.6 is 0 Å². The maximum atomic E-state index is 12.8. The van der Waals surface area contributed by atoms with Crippen LogP contribution in [-0.2, 0) is 10.0 Å². The van der Waals surface area contributed by atoms with E-state index in [9.17, 15) is 8.42 Å². The first-order valence-electron chi connectivity index (χ1n) is 15.8. The monoisotopic (exact) mass is 552 g/mol. The number of sulfonamides is 1. The van der Waals surface area contributed by atoms with Gasteiger partial charge in [-0.2, -0.15) is 18.4 Å². The summed E-state index contributed by atoms with van der Waals surface area (Å²) in [4.78, 5) is 2.78. The van der Waals surface area contributed by atoms with Crippen molar-refractivity contribution in [2.45, 2.75) is 117 Å². The molecule has 216 valence electrons. The molecular weight excluding hydrogens is 500 g/mol.